The van der Waals surface area contributed by atoms with E-state index in [1.54, 1.807) is 0 Å². The summed E-state index contributed by atoms with van der Waals surface area (Å²) in [6.07, 6.45) is 1.14. The molecule has 4 heteroatoms. The van der Waals surface area contributed by atoms with Crippen LogP contribution in [0.25, 0.3) is 0 Å². The molecule has 110 valence electrons. The normalized spacial score (nSPS) is 18.0. The van der Waals surface area contributed by atoms with Crippen molar-refractivity contribution in [2.45, 2.75) is 13.3 Å². The monoisotopic (exact) mass is 300 g/mol. The molecule has 0 radical (unpaired) electrons. The number of anilines is 1. The molecule has 1 N–H and O–H groups in total. The number of amides is 1. The first-order valence-corrected chi connectivity index (χ1v) is 8.23. The summed E-state index contributed by atoms with van der Waals surface area (Å²) in [4.78, 5) is 15.2. The van der Waals surface area contributed by atoms with Gasteiger partial charge in [0.25, 0.3) is 5.91 Å². The molecule has 2 aromatic rings. The molecule has 21 heavy (non-hydrogen) atoms. The van der Waals surface area contributed by atoms with Gasteiger partial charge in [0.15, 0.2) is 0 Å². The molecule has 1 fully saturated rings. The molecule has 3 rings (SSSR count). The van der Waals surface area contributed by atoms with Crippen molar-refractivity contribution in [1.82, 2.24) is 5.32 Å². The van der Waals surface area contributed by atoms with Crippen LogP contribution < -0.4 is 10.2 Å². The summed E-state index contributed by atoms with van der Waals surface area (Å²) < 4.78 is 0. The first-order valence-electron chi connectivity index (χ1n) is 7.36. The smallest absolute Gasteiger partial charge is 0.261 e. The summed E-state index contributed by atoms with van der Waals surface area (Å²) in [5.41, 5.74) is 2.59. The van der Waals surface area contributed by atoms with E-state index in [2.05, 4.69) is 41.4 Å². The van der Waals surface area contributed by atoms with E-state index in [0.717, 1.165) is 30.9 Å². The number of thiophene rings is 1. The molecule has 0 bridgehead atoms. The number of rotatable bonds is 4. The van der Waals surface area contributed by atoms with Crippen molar-refractivity contribution in [3.8, 4) is 0 Å². The van der Waals surface area contributed by atoms with E-state index < -0.39 is 0 Å². The van der Waals surface area contributed by atoms with E-state index in [0.29, 0.717) is 5.92 Å². The third-order valence-electron chi connectivity index (χ3n) is 3.95. The first kappa shape index (κ1) is 14.1. The number of benzene rings is 1. The van der Waals surface area contributed by atoms with E-state index >= 15 is 0 Å². The van der Waals surface area contributed by atoms with Crippen LogP contribution in [-0.4, -0.2) is 25.5 Å². The maximum absolute atomic E-state index is 11.9. The summed E-state index contributed by atoms with van der Waals surface area (Å²) in [5.74, 6) is 0.591. The minimum absolute atomic E-state index is 0.0546. The Balaban J connectivity index is 1.52. The van der Waals surface area contributed by atoms with Crippen LogP contribution >= 0.6 is 11.3 Å². The second kappa shape index (κ2) is 6.31. The fourth-order valence-corrected chi connectivity index (χ4v) is 3.43. The molecule has 1 amide bonds. The van der Waals surface area contributed by atoms with Gasteiger partial charge in [-0.15, -0.1) is 11.3 Å². The lowest BCUT2D eigenvalue weighted by Gasteiger charge is -2.19. The number of hydrogen-bond acceptors (Lipinski definition) is 3. The van der Waals surface area contributed by atoms with Gasteiger partial charge in [-0.1, -0.05) is 18.2 Å². The van der Waals surface area contributed by atoms with Gasteiger partial charge in [0.05, 0.1) is 4.88 Å². The van der Waals surface area contributed by atoms with Gasteiger partial charge in [-0.3, -0.25) is 4.79 Å². The van der Waals surface area contributed by atoms with E-state index in [1.807, 2.05) is 17.5 Å². The highest BCUT2D eigenvalue weighted by molar-refractivity contribution is 7.12. The average molecular weight is 300 g/mol. The first-order chi connectivity index (χ1) is 10.2. The standard InChI is InChI=1S/C17H20N2OS/c1-13-4-2-5-15(10-13)19-8-7-14(12-19)11-18-17(20)16-6-3-9-21-16/h2-6,9-10,14H,7-8,11-12H2,1H3,(H,18,20). The SMILES string of the molecule is Cc1cccc(N2CCC(CNC(=O)c3cccs3)C2)c1. The Labute approximate surface area is 129 Å². The lowest BCUT2D eigenvalue weighted by molar-refractivity contribution is 0.0952. The van der Waals surface area contributed by atoms with Crippen LogP contribution in [0.4, 0.5) is 5.69 Å². The van der Waals surface area contributed by atoms with Gasteiger partial charge in [0, 0.05) is 25.3 Å². The zero-order chi connectivity index (χ0) is 14.7. The quantitative estimate of drug-likeness (QED) is 0.939. The predicted molar refractivity (Wildman–Crippen MR) is 88.2 cm³/mol. The molecule has 1 unspecified atom stereocenters. The van der Waals surface area contributed by atoms with Crippen molar-refractivity contribution in [1.29, 1.82) is 0 Å². The Morgan fingerprint density at radius 1 is 1.38 bits per heavy atom. The molecule has 3 nitrogen and oxygen atoms in total. The number of carbonyl (C=O) groups is 1. The molecular weight excluding hydrogens is 280 g/mol. The molecule has 1 aliphatic heterocycles. The van der Waals surface area contributed by atoms with Crippen LogP contribution in [-0.2, 0) is 0 Å². The summed E-state index contributed by atoms with van der Waals surface area (Å²) >= 11 is 1.49. The van der Waals surface area contributed by atoms with Crippen LogP contribution in [0.2, 0.25) is 0 Å². The second-order valence-corrected chi connectivity index (χ2v) is 6.57. The highest BCUT2D eigenvalue weighted by Crippen LogP contribution is 2.24. The topological polar surface area (TPSA) is 32.3 Å². The fraction of sp³-hybridized carbons (Fsp3) is 0.353. The van der Waals surface area contributed by atoms with Crippen LogP contribution in [0, 0.1) is 12.8 Å². The molecule has 1 saturated heterocycles. The van der Waals surface area contributed by atoms with Gasteiger partial charge >= 0.3 is 0 Å². The zero-order valence-electron chi connectivity index (χ0n) is 12.2. The number of nitrogens with one attached hydrogen (secondary N) is 1. The Bertz CT molecular complexity index is 609. The van der Waals surface area contributed by atoms with Crippen molar-refractivity contribution < 1.29 is 4.79 Å². The molecule has 1 aromatic heterocycles. The van der Waals surface area contributed by atoms with Gasteiger partial charge in [0.1, 0.15) is 0 Å². The number of nitrogens with zero attached hydrogens (tertiary/aromatic N) is 1. The minimum Gasteiger partial charge on any atom is -0.371 e. The maximum Gasteiger partial charge on any atom is 0.261 e. The Morgan fingerprint density at radius 3 is 3.05 bits per heavy atom. The molecule has 0 aliphatic carbocycles. The summed E-state index contributed by atoms with van der Waals surface area (Å²) in [7, 11) is 0. The second-order valence-electron chi connectivity index (χ2n) is 5.63. The Morgan fingerprint density at radius 2 is 2.29 bits per heavy atom. The average Bonchev–Trinajstić information content (AvgIpc) is 3.16. The van der Waals surface area contributed by atoms with Gasteiger partial charge in [0.2, 0.25) is 0 Å². The maximum atomic E-state index is 11.9. The van der Waals surface area contributed by atoms with Crippen molar-refractivity contribution in [3.05, 3.63) is 52.2 Å². The third kappa shape index (κ3) is 3.45. The van der Waals surface area contributed by atoms with Crippen LogP contribution in [0.1, 0.15) is 21.7 Å². The van der Waals surface area contributed by atoms with Crippen LogP contribution in [0.15, 0.2) is 41.8 Å². The summed E-state index contributed by atoms with van der Waals surface area (Å²) in [6, 6.07) is 12.4. The zero-order valence-corrected chi connectivity index (χ0v) is 13.0. The third-order valence-corrected chi connectivity index (χ3v) is 4.82. The van der Waals surface area contributed by atoms with Crippen molar-refractivity contribution in [3.63, 3.8) is 0 Å². The molecule has 1 aliphatic rings. The van der Waals surface area contributed by atoms with Crippen LogP contribution in [0.5, 0.6) is 0 Å². The molecule has 2 heterocycles. The van der Waals surface area contributed by atoms with Crippen molar-refractivity contribution in [2.24, 2.45) is 5.92 Å². The largest absolute Gasteiger partial charge is 0.371 e. The van der Waals surface area contributed by atoms with E-state index in [1.165, 1.54) is 22.6 Å². The Hall–Kier alpha value is -1.81. The summed E-state index contributed by atoms with van der Waals surface area (Å²) in [5, 5.41) is 4.99. The lowest BCUT2D eigenvalue weighted by Crippen LogP contribution is -2.30. The number of carbonyl (C=O) groups excluding carboxylic acids is 1. The van der Waals surface area contributed by atoms with Crippen LogP contribution in [0.3, 0.4) is 0 Å². The molecular formula is C17H20N2OS. The number of hydrogen-bond donors (Lipinski definition) is 1. The van der Waals surface area contributed by atoms with Crippen molar-refractivity contribution >= 4 is 22.9 Å². The van der Waals surface area contributed by atoms with Crippen molar-refractivity contribution in [2.75, 3.05) is 24.5 Å². The van der Waals surface area contributed by atoms with E-state index in [4.69, 9.17) is 0 Å². The van der Waals surface area contributed by atoms with Gasteiger partial charge in [-0.05, 0) is 48.4 Å². The Kier molecular flexibility index (Phi) is 4.25. The molecule has 1 atom stereocenters. The molecule has 0 spiro atoms. The predicted octanol–water partition coefficient (Wildman–Crippen LogP) is 3.31. The number of aryl methyl sites for hydroxylation is 1. The highest BCUT2D eigenvalue weighted by atomic mass is 32.1. The lowest BCUT2D eigenvalue weighted by atomic mass is 10.1. The van der Waals surface area contributed by atoms with Gasteiger partial charge < -0.3 is 10.2 Å². The summed E-state index contributed by atoms with van der Waals surface area (Å²) in [6.45, 7) is 4.98. The minimum atomic E-state index is 0.0546. The molecule has 0 saturated carbocycles. The molecule has 1 aromatic carbocycles. The van der Waals surface area contributed by atoms with Gasteiger partial charge in [-0.25, -0.2) is 0 Å². The van der Waals surface area contributed by atoms with E-state index in [9.17, 15) is 4.79 Å². The fourth-order valence-electron chi connectivity index (χ4n) is 2.79. The van der Waals surface area contributed by atoms with Gasteiger partial charge in [-0.2, -0.15) is 0 Å². The highest BCUT2D eigenvalue weighted by Gasteiger charge is 2.23. The van der Waals surface area contributed by atoms with E-state index in [-0.39, 0.29) is 5.91 Å².